The van der Waals surface area contributed by atoms with Crippen LogP contribution in [0.1, 0.15) is 0 Å². The van der Waals surface area contributed by atoms with Gasteiger partial charge in [-0.2, -0.15) is 0 Å². The van der Waals surface area contributed by atoms with Gasteiger partial charge in [-0.25, -0.2) is 9.18 Å². The molecule has 0 spiro atoms. The van der Waals surface area contributed by atoms with Crippen LogP contribution in [0.5, 0.6) is 0 Å². The number of hydrogen-bond acceptors (Lipinski definition) is 3. The molecule has 152 valence electrons. The van der Waals surface area contributed by atoms with E-state index in [0.717, 1.165) is 5.69 Å². The van der Waals surface area contributed by atoms with Crippen molar-refractivity contribution in [3.05, 3.63) is 59.4 Å². The van der Waals surface area contributed by atoms with Crippen molar-refractivity contribution in [2.24, 2.45) is 0 Å². The summed E-state index contributed by atoms with van der Waals surface area (Å²) >= 11 is 6.02. The molecule has 2 aromatic carbocycles. The van der Waals surface area contributed by atoms with Gasteiger partial charge in [-0.1, -0.05) is 29.8 Å². The van der Waals surface area contributed by atoms with Gasteiger partial charge in [-0.05, 0) is 30.3 Å². The zero-order valence-electron chi connectivity index (χ0n) is 15.9. The van der Waals surface area contributed by atoms with E-state index in [4.69, 9.17) is 11.6 Å². The Morgan fingerprint density at radius 2 is 1.72 bits per heavy atom. The van der Waals surface area contributed by atoms with Crippen molar-refractivity contribution in [3.8, 4) is 0 Å². The average Bonchev–Trinajstić information content (AvgIpc) is 3.09. The van der Waals surface area contributed by atoms with Gasteiger partial charge < -0.3 is 14.7 Å². The minimum absolute atomic E-state index is 0.0512. The Hall–Kier alpha value is -2.80. The molecule has 0 unspecified atom stereocenters. The second kappa shape index (κ2) is 8.29. The van der Waals surface area contributed by atoms with Crippen LogP contribution in [-0.2, 0) is 4.79 Å². The molecule has 2 heterocycles. The molecule has 0 radical (unpaired) electrons. The van der Waals surface area contributed by atoms with Crippen LogP contribution in [0.2, 0.25) is 5.02 Å². The number of carbonyl (C=O) groups is 2. The standard InChI is InChI=1S/C21H22ClFN4O2/c22-16-4-3-5-17(14-16)27-13-12-26(21(27)29)15-20(28)25-10-8-24(9-11-25)19-7-2-1-6-18(19)23/h1-7,14H,8-13,15H2. The van der Waals surface area contributed by atoms with E-state index in [1.165, 1.54) is 6.07 Å². The molecule has 0 atom stereocenters. The minimum atomic E-state index is -0.254. The summed E-state index contributed by atoms with van der Waals surface area (Å²) in [6.07, 6.45) is 0. The van der Waals surface area contributed by atoms with Gasteiger partial charge in [0.05, 0.1) is 5.69 Å². The van der Waals surface area contributed by atoms with E-state index in [0.29, 0.717) is 50.0 Å². The number of piperazine rings is 1. The highest BCUT2D eigenvalue weighted by molar-refractivity contribution is 6.30. The van der Waals surface area contributed by atoms with Crippen molar-refractivity contribution in [1.82, 2.24) is 9.80 Å². The van der Waals surface area contributed by atoms with Crippen molar-refractivity contribution in [2.75, 3.05) is 55.6 Å². The van der Waals surface area contributed by atoms with Gasteiger partial charge in [0, 0.05) is 50.0 Å². The predicted molar refractivity (Wildman–Crippen MR) is 111 cm³/mol. The molecule has 2 saturated heterocycles. The predicted octanol–water partition coefficient (Wildman–Crippen LogP) is 3.07. The lowest BCUT2D eigenvalue weighted by Crippen LogP contribution is -2.51. The van der Waals surface area contributed by atoms with Crippen LogP contribution in [0, 0.1) is 5.82 Å². The number of rotatable bonds is 4. The van der Waals surface area contributed by atoms with Gasteiger partial charge in [0.2, 0.25) is 5.91 Å². The zero-order chi connectivity index (χ0) is 20.4. The average molecular weight is 417 g/mol. The SMILES string of the molecule is O=C(CN1CCN(c2cccc(Cl)c2)C1=O)N1CCN(c2ccccc2F)CC1. The Morgan fingerprint density at radius 1 is 0.966 bits per heavy atom. The van der Waals surface area contributed by atoms with E-state index in [9.17, 15) is 14.0 Å². The molecule has 0 bridgehead atoms. The summed E-state index contributed by atoms with van der Waals surface area (Å²) in [5.74, 6) is -0.337. The monoisotopic (exact) mass is 416 g/mol. The van der Waals surface area contributed by atoms with Gasteiger partial charge in [0.15, 0.2) is 0 Å². The second-order valence-electron chi connectivity index (χ2n) is 7.15. The first kappa shape index (κ1) is 19.5. The molecule has 6 nitrogen and oxygen atoms in total. The number of nitrogens with zero attached hydrogens (tertiary/aromatic N) is 4. The first-order valence-corrected chi connectivity index (χ1v) is 10.00. The molecule has 2 aliphatic rings. The first-order valence-electron chi connectivity index (χ1n) is 9.62. The third kappa shape index (κ3) is 4.15. The van der Waals surface area contributed by atoms with E-state index in [-0.39, 0.29) is 24.3 Å². The number of amides is 3. The molecule has 3 amide bonds. The van der Waals surface area contributed by atoms with Crippen molar-refractivity contribution in [2.45, 2.75) is 0 Å². The van der Waals surface area contributed by atoms with E-state index >= 15 is 0 Å². The van der Waals surface area contributed by atoms with Crippen LogP contribution in [-0.4, -0.2) is 67.6 Å². The van der Waals surface area contributed by atoms with E-state index in [1.54, 1.807) is 51.1 Å². The molecule has 0 aliphatic carbocycles. The third-order valence-corrected chi connectivity index (χ3v) is 5.60. The summed E-state index contributed by atoms with van der Waals surface area (Å²) < 4.78 is 14.0. The van der Waals surface area contributed by atoms with Crippen LogP contribution in [0.4, 0.5) is 20.6 Å². The molecule has 0 saturated carbocycles. The molecule has 0 N–H and O–H groups in total. The number of anilines is 2. The first-order chi connectivity index (χ1) is 14.0. The summed E-state index contributed by atoms with van der Waals surface area (Å²) in [5.41, 5.74) is 1.29. The van der Waals surface area contributed by atoms with Crippen molar-refractivity contribution in [1.29, 1.82) is 0 Å². The second-order valence-corrected chi connectivity index (χ2v) is 7.59. The number of urea groups is 1. The summed E-state index contributed by atoms with van der Waals surface area (Å²) in [6, 6.07) is 13.6. The molecule has 2 fully saturated rings. The number of benzene rings is 2. The van der Waals surface area contributed by atoms with E-state index in [2.05, 4.69) is 0 Å². The molecular weight excluding hydrogens is 395 g/mol. The fraction of sp³-hybridized carbons (Fsp3) is 0.333. The topological polar surface area (TPSA) is 47.1 Å². The minimum Gasteiger partial charge on any atom is -0.366 e. The molecular formula is C21H22ClFN4O2. The lowest BCUT2D eigenvalue weighted by Gasteiger charge is -2.36. The number of halogens is 2. The lowest BCUT2D eigenvalue weighted by molar-refractivity contribution is -0.131. The quantitative estimate of drug-likeness (QED) is 0.769. The van der Waals surface area contributed by atoms with Gasteiger partial charge in [0.25, 0.3) is 0 Å². The van der Waals surface area contributed by atoms with Gasteiger partial charge in [-0.3, -0.25) is 9.69 Å². The van der Waals surface area contributed by atoms with Crippen molar-refractivity contribution >= 4 is 34.9 Å². The maximum Gasteiger partial charge on any atom is 0.325 e. The molecule has 2 aromatic rings. The van der Waals surface area contributed by atoms with Gasteiger partial charge >= 0.3 is 6.03 Å². The third-order valence-electron chi connectivity index (χ3n) is 5.37. The molecule has 2 aliphatic heterocycles. The Balaban J connectivity index is 1.32. The van der Waals surface area contributed by atoms with Crippen molar-refractivity contribution < 1.29 is 14.0 Å². The number of para-hydroxylation sites is 1. The maximum absolute atomic E-state index is 14.0. The van der Waals surface area contributed by atoms with Crippen LogP contribution in [0.3, 0.4) is 0 Å². The number of carbonyl (C=O) groups excluding carboxylic acids is 2. The highest BCUT2D eigenvalue weighted by atomic mass is 35.5. The Kier molecular flexibility index (Phi) is 5.58. The summed E-state index contributed by atoms with van der Waals surface area (Å²) in [4.78, 5) is 32.3. The van der Waals surface area contributed by atoms with Gasteiger partial charge in [0.1, 0.15) is 12.4 Å². The maximum atomic E-state index is 14.0. The molecule has 4 rings (SSSR count). The van der Waals surface area contributed by atoms with Crippen LogP contribution < -0.4 is 9.80 Å². The Bertz CT molecular complexity index is 917. The highest BCUT2D eigenvalue weighted by Gasteiger charge is 2.32. The fourth-order valence-electron chi connectivity index (χ4n) is 3.78. The molecule has 8 heteroatoms. The van der Waals surface area contributed by atoms with E-state index in [1.807, 2.05) is 11.0 Å². The largest absolute Gasteiger partial charge is 0.366 e. The Morgan fingerprint density at radius 3 is 2.45 bits per heavy atom. The van der Waals surface area contributed by atoms with Gasteiger partial charge in [-0.15, -0.1) is 0 Å². The zero-order valence-corrected chi connectivity index (χ0v) is 16.7. The van der Waals surface area contributed by atoms with Crippen LogP contribution >= 0.6 is 11.6 Å². The number of hydrogen-bond donors (Lipinski definition) is 0. The highest BCUT2D eigenvalue weighted by Crippen LogP contribution is 2.24. The van der Waals surface area contributed by atoms with Crippen LogP contribution in [0.15, 0.2) is 48.5 Å². The molecule has 29 heavy (non-hydrogen) atoms. The fourth-order valence-corrected chi connectivity index (χ4v) is 3.97. The van der Waals surface area contributed by atoms with E-state index < -0.39 is 0 Å². The Labute approximate surface area is 174 Å². The summed E-state index contributed by atoms with van der Waals surface area (Å²) in [6.45, 7) is 3.21. The summed E-state index contributed by atoms with van der Waals surface area (Å²) in [7, 11) is 0. The summed E-state index contributed by atoms with van der Waals surface area (Å²) in [5, 5.41) is 0.567. The molecule has 0 aromatic heterocycles. The van der Waals surface area contributed by atoms with Crippen LogP contribution in [0.25, 0.3) is 0 Å². The normalized spacial score (nSPS) is 17.2. The smallest absolute Gasteiger partial charge is 0.325 e. The van der Waals surface area contributed by atoms with Crippen molar-refractivity contribution in [3.63, 3.8) is 0 Å². The lowest BCUT2D eigenvalue weighted by atomic mass is 10.2.